The van der Waals surface area contributed by atoms with Crippen molar-refractivity contribution in [1.29, 1.82) is 5.26 Å². The number of aryl methyl sites for hydroxylation is 2. The van der Waals surface area contributed by atoms with Gasteiger partial charge in [-0.15, -0.1) is 0 Å². The molecule has 3 atom stereocenters. The number of anilines is 4. The first kappa shape index (κ1) is 44.0. The van der Waals surface area contributed by atoms with Crippen LogP contribution in [0.4, 0.5) is 35.9 Å². The first-order valence-electron chi connectivity index (χ1n) is 19.9. The molecule has 6 rings (SSSR count). The third kappa shape index (κ3) is 9.25. The van der Waals surface area contributed by atoms with E-state index >= 15 is 0 Å². The van der Waals surface area contributed by atoms with Gasteiger partial charge < -0.3 is 20.3 Å². The fourth-order valence-corrected chi connectivity index (χ4v) is 8.73. The number of carbonyl (C=O) groups is 4. The number of piperazine rings is 1. The van der Waals surface area contributed by atoms with E-state index in [1.54, 1.807) is 49.1 Å². The molecule has 60 heavy (non-hydrogen) atoms. The minimum absolute atomic E-state index is 0.0198. The molecule has 0 bridgehead atoms. The first-order valence-corrected chi connectivity index (χ1v) is 20.3. The van der Waals surface area contributed by atoms with Gasteiger partial charge in [-0.25, -0.2) is 0 Å². The Kier molecular flexibility index (Phi) is 12.9. The lowest BCUT2D eigenvalue weighted by Gasteiger charge is -2.44. The van der Waals surface area contributed by atoms with Gasteiger partial charge in [0.2, 0.25) is 17.7 Å². The van der Waals surface area contributed by atoms with Crippen LogP contribution in [-0.2, 0) is 31.8 Å². The average Bonchev–Trinajstić information content (AvgIpc) is 3.36. The number of nitrogens with zero attached hydrogens (tertiary/aromatic N) is 5. The van der Waals surface area contributed by atoms with Gasteiger partial charge in [0.1, 0.15) is 23.9 Å². The number of imide groups is 1. The van der Waals surface area contributed by atoms with Gasteiger partial charge >= 0.3 is 6.18 Å². The molecule has 3 N–H and O–H groups in total. The summed E-state index contributed by atoms with van der Waals surface area (Å²) in [6.45, 7) is 14.1. The summed E-state index contributed by atoms with van der Waals surface area (Å²) in [6, 6.07) is 15.2. The monoisotopic (exact) mass is 846 g/mol. The molecule has 13 nitrogen and oxygen atoms in total. The third-order valence-corrected chi connectivity index (χ3v) is 11.6. The van der Waals surface area contributed by atoms with Crippen LogP contribution in [0.15, 0.2) is 54.6 Å². The molecule has 0 aliphatic carbocycles. The highest BCUT2D eigenvalue weighted by Gasteiger charge is 2.51. The molecule has 3 aliphatic heterocycles. The Hall–Kier alpha value is -5.57. The summed E-state index contributed by atoms with van der Waals surface area (Å²) in [5.41, 5.74) is 0.545. The van der Waals surface area contributed by atoms with Gasteiger partial charge in [0, 0.05) is 55.2 Å². The molecule has 3 aromatic carbocycles. The molecule has 0 aromatic heterocycles. The number of nitrogens with one attached hydrogen (secondary N) is 3. The topological polar surface area (TPSA) is 150 Å². The number of hydrogen-bond acceptors (Lipinski definition) is 10. The molecule has 0 spiro atoms. The van der Waals surface area contributed by atoms with Crippen molar-refractivity contribution in [2.24, 2.45) is 0 Å². The van der Waals surface area contributed by atoms with Crippen LogP contribution in [0.1, 0.15) is 69.7 Å². The number of thiocarbonyl (C=S) groups is 1. The Morgan fingerprint density at radius 3 is 2.38 bits per heavy atom. The Morgan fingerprint density at radius 1 is 1.03 bits per heavy atom. The van der Waals surface area contributed by atoms with Crippen molar-refractivity contribution in [3.63, 3.8) is 0 Å². The number of halogens is 3. The number of nitriles is 1. The quantitative estimate of drug-likeness (QED) is 0.146. The molecular weight excluding hydrogens is 798 g/mol. The maximum absolute atomic E-state index is 13.8. The second-order valence-electron chi connectivity index (χ2n) is 16.0. The summed E-state index contributed by atoms with van der Waals surface area (Å²) in [4.78, 5) is 57.9. The molecule has 318 valence electrons. The van der Waals surface area contributed by atoms with E-state index in [-0.39, 0.29) is 53.6 Å². The van der Waals surface area contributed by atoms with Crippen molar-refractivity contribution in [1.82, 2.24) is 15.1 Å². The molecule has 3 saturated heterocycles. The summed E-state index contributed by atoms with van der Waals surface area (Å²) in [5.74, 6) is -0.605. The van der Waals surface area contributed by atoms with E-state index in [1.807, 2.05) is 26.0 Å². The van der Waals surface area contributed by atoms with Gasteiger partial charge in [0.25, 0.3) is 5.91 Å². The lowest BCUT2D eigenvalue weighted by molar-refractivity contribution is -0.138. The van der Waals surface area contributed by atoms with Crippen LogP contribution in [0.2, 0.25) is 0 Å². The van der Waals surface area contributed by atoms with E-state index in [4.69, 9.17) is 17.0 Å². The zero-order valence-corrected chi connectivity index (χ0v) is 35.2. The zero-order valence-electron chi connectivity index (χ0n) is 34.4. The summed E-state index contributed by atoms with van der Waals surface area (Å²) in [6.07, 6.45) is -3.55. The second kappa shape index (κ2) is 17.6. The van der Waals surface area contributed by atoms with Crippen molar-refractivity contribution >= 4 is 63.7 Å². The minimum atomic E-state index is -4.80. The predicted molar refractivity (Wildman–Crippen MR) is 226 cm³/mol. The van der Waals surface area contributed by atoms with E-state index < -0.39 is 34.8 Å². The van der Waals surface area contributed by atoms with E-state index in [0.717, 1.165) is 41.2 Å². The molecular formula is C43H49F3N8O5S. The number of alkyl halides is 3. The molecule has 3 fully saturated rings. The fraction of sp³-hybridized carbons (Fsp3) is 0.442. The normalized spacial score (nSPS) is 21.2. The van der Waals surface area contributed by atoms with Crippen molar-refractivity contribution in [3.05, 3.63) is 76.9 Å². The Labute approximate surface area is 352 Å². The molecule has 0 radical (unpaired) electrons. The molecule has 0 saturated carbocycles. The van der Waals surface area contributed by atoms with Gasteiger partial charge in [0.15, 0.2) is 5.11 Å². The largest absolute Gasteiger partial charge is 0.492 e. The van der Waals surface area contributed by atoms with Gasteiger partial charge in [-0.3, -0.25) is 39.2 Å². The van der Waals surface area contributed by atoms with E-state index in [0.29, 0.717) is 48.8 Å². The van der Waals surface area contributed by atoms with E-state index in [2.05, 4.69) is 39.6 Å². The number of amides is 4. The third-order valence-electron chi connectivity index (χ3n) is 11.2. The molecule has 17 heteroatoms. The molecule has 3 heterocycles. The number of benzene rings is 3. The number of piperidine rings is 1. The highest BCUT2D eigenvalue weighted by Crippen LogP contribution is 2.41. The molecule has 1 unspecified atom stereocenters. The Morgan fingerprint density at radius 2 is 1.73 bits per heavy atom. The highest BCUT2D eigenvalue weighted by atomic mass is 32.1. The fourth-order valence-electron chi connectivity index (χ4n) is 8.21. The number of hydrogen-bond donors (Lipinski definition) is 3. The SMILES string of the molecule is CCc1cc(N2C(=S)N(c3ccc(C#N)c(C(F)(F)F)c3)C(=O)C2(C)C)cc(C)c1OCCN1C[C@@H](C)N(CC(=O)Nc2cccc(NC3CCC(=O)NC3=O)c2)[C@@H](C)C1. The van der Waals surface area contributed by atoms with Crippen LogP contribution in [0.5, 0.6) is 5.75 Å². The molecule has 4 amide bonds. The second-order valence-corrected chi connectivity index (χ2v) is 16.4. The minimum Gasteiger partial charge on any atom is -0.492 e. The van der Waals surface area contributed by atoms with E-state index in [1.165, 1.54) is 6.07 Å². The summed E-state index contributed by atoms with van der Waals surface area (Å²) in [7, 11) is 0. The smallest absolute Gasteiger partial charge is 0.417 e. The average molecular weight is 847 g/mol. The zero-order chi connectivity index (χ0) is 43.7. The van der Waals surface area contributed by atoms with Crippen molar-refractivity contribution in [2.75, 3.05) is 53.2 Å². The summed E-state index contributed by atoms with van der Waals surface area (Å²) < 4.78 is 47.9. The van der Waals surface area contributed by atoms with E-state index in [9.17, 15) is 37.6 Å². The van der Waals surface area contributed by atoms with Gasteiger partial charge in [0.05, 0.1) is 29.4 Å². The predicted octanol–water partition coefficient (Wildman–Crippen LogP) is 5.99. The van der Waals surface area contributed by atoms with Crippen LogP contribution < -0.4 is 30.5 Å². The van der Waals surface area contributed by atoms with Crippen molar-refractivity contribution in [3.8, 4) is 11.8 Å². The van der Waals surface area contributed by atoms with Gasteiger partial charge in [-0.05, 0) is 119 Å². The summed E-state index contributed by atoms with van der Waals surface area (Å²) in [5, 5.41) is 17.7. The maximum atomic E-state index is 13.8. The highest BCUT2D eigenvalue weighted by molar-refractivity contribution is 7.81. The number of ether oxygens (including phenoxy) is 1. The lowest BCUT2D eigenvalue weighted by Crippen LogP contribution is -2.58. The first-order chi connectivity index (χ1) is 28.3. The number of carbonyl (C=O) groups excluding carboxylic acids is 4. The van der Waals surface area contributed by atoms with Gasteiger partial charge in [-0.2, -0.15) is 18.4 Å². The lowest BCUT2D eigenvalue weighted by atomic mass is 10.00. The molecule has 3 aliphatic rings. The Balaban J connectivity index is 1.05. The van der Waals surface area contributed by atoms with Crippen LogP contribution in [-0.4, -0.2) is 95.0 Å². The Bertz CT molecular complexity index is 2230. The summed E-state index contributed by atoms with van der Waals surface area (Å²) >= 11 is 5.76. The van der Waals surface area contributed by atoms with Crippen LogP contribution in [0.25, 0.3) is 0 Å². The standard InChI is InChI=1S/C43H49F3N8O5S/c1-7-28-18-33(54-41(60)53(40(58)42(54,5)6)32-12-11-29(21-47)34(20-32)43(44,45)46)17-25(2)38(28)59-16-15-51-22-26(3)52(27(4)23-51)24-37(56)49-31-10-8-9-30(19-31)48-35-13-14-36(55)50-39(35)57/h8-12,17-20,26-27,35,48H,7,13-16,22-24H2,1-6H3,(H,49,56)(H,50,55,57)/t26-,27+,35?. The van der Waals surface area contributed by atoms with Crippen LogP contribution in [0, 0.1) is 18.3 Å². The molecule has 3 aromatic rings. The van der Waals surface area contributed by atoms with Crippen LogP contribution >= 0.6 is 12.2 Å². The maximum Gasteiger partial charge on any atom is 0.417 e. The van der Waals surface area contributed by atoms with Crippen LogP contribution in [0.3, 0.4) is 0 Å². The number of rotatable bonds is 12. The van der Waals surface area contributed by atoms with Crippen molar-refractivity contribution in [2.45, 2.75) is 90.6 Å². The van der Waals surface area contributed by atoms with Gasteiger partial charge in [-0.1, -0.05) is 13.0 Å². The van der Waals surface area contributed by atoms with Crippen molar-refractivity contribution < 1.29 is 37.1 Å².